The molecule has 2 atom stereocenters. The van der Waals surface area contributed by atoms with Crippen LogP contribution in [0.15, 0.2) is 18.2 Å². The fraction of sp³-hybridized carbons (Fsp3) is 0.462. The molecule has 0 aliphatic carbocycles. The van der Waals surface area contributed by atoms with Crippen molar-refractivity contribution in [2.45, 2.75) is 19.4 Å². The van der Waals surface area contributed by atoms with Gasteiger partial charge in [0.25, 0.3) is 5.91 Å². The minimum Gasteiger partial charge on any atom is -0.508 e. The number of hydrogen-bond acceptors (Lipinski definition) is 4. The predicted molar refractivity (Wildman–Crippen MR) is 67.7 cm³/mol. The summed E-state index contributed by atoms with van der Waals surface area (Å²) in [5.41, 5.74) is 0.104. The fourth-order valence-corrected chi connectivity index (χ4v) is 2.21. The molecular weight excluding hydrogens is 232 g/mol. The summed E-state index contributed by atoms with van der Waals surface area (Å²) >= 11 is 0. The lowest BCUT2D eigenvalue weighted by atomic mass is 10.00. The van der Waals surface area contributed by atoms with E-state index in [0.717, 1.165) is 19.5 Å². The molecule has 0 spiro atoms. The molecule has 0 radical (unpaired) electrons. The smallest absolute Gasteiger partial charge is 0.255 e. The molecule has 2 unspecified atom stereocenters. The van der Waals surface area contributed by atoms with Crippen LogP contribution >= 0.6 is 0 Å². The molecule has 1 amide bonds. The number of rotatable bonds is 3. The van der Waals surface area contributed by atoms with Crippen molar-refractivity contribution in [3.05, 3.63) is 23.8 Å². The molecule has 98 valence electrons. The van der Waals surface area contributed by atoms with Gasteiger partial charge in [-0.1, -0.05) is 0 Å². The van der Waals surface area contributed by atoms with E-state index in [1.165, 1.54) is 18.2 Å². The lowest BCUT2D eigenvalue weighted by Crippen LogP contribution is -2.38. The molecule has 1 fully saturated rings. The van der Waals surface area contributed by atoms with Crippen molar-refractivity contribution >= 4 is 5.91 Å². The summed E-state index contributed by atoms with van der Waals surface area (Å²) in [6.45, 7) is 3.82. The molecule has 18 heavy (non-hydrogen) atoms. The molecule has 1 aromatic rings. The van der Waals surface area contributed by atoms with Gasteiger partial charge in [0, 0.05) is 6.04 Å². The van der Waals surface area contributed by atoms with Crippen molar-refractivity contribution in [2.75, 3.05) is 13.1 Å². The van der Waals surface area contributed by atoms with E-state index >= 15 is 0 Å². The summed E-state index contributed by atoms with van der Waals surface area (Å²) in [5.74, 6) is -0.105. The second kappa shape index (κ2) is 5.27. The zero-order chi connectivity index (χ0) is 13.1. The van der Waals surface area contributed by atoms with Gasteiger partial charge in [-0.25, -0.2) is 0 Å². The molecule has 1 heterocycles. The van der Waals surface area contributed by atoms with Crippen molar-refractivity contribution in [1.82, 2.24) is 10.6 Å². The average molecular weight is 250 g/mol. The normalized spacial score (nSPS) is 20.6. The first-order valence-electron chi connectivity index (χ1n) is 6.11. The van der Waals surface area contributed by atoms with Crippen molar-refractivity contribution in [1.29, 1.82) is 0 Å². The Bertz CT molecular complexity index is 442. The van der Waals surface area contributed by atoms with Crippen LogP contribution in [0, 0.1) is 5.92 Å². The molecular formula is C13H18N2O3. The van der Waals surface area contributed by atoms with Gasteiger partial charge in [-0.2, -0.15) is 0 Å². The molecule has 5 nitrogen and oxygen atoms in total. The molecule has 4 N–H and O–H groups in total. The van der Waals surface area contributed by atoms with Crippen LogP contribution in [0.2, 0.25) is 0 Å². The first-order valence-corrected chi connectivity index (χ1v) is 6.11. The van der Waals surface area contributed by atoms with E-state index < -0.39 is 0 Å². The van der Waals surface area contributed by atoms with Gasteiger partial charge >= 0.3 is 0 Å². The standard InChI is InChI=1S/C13H18N2O3/c1-8(9-4-5-14-7-9)15-13(18)11-6-10(16)2-3-12(11)17/h2-3,6,8-9,14,16-17H,4-5,7H2,1H3,(H,15,18). The van der Waals surface area contributed by atoms with Crippen molar-refractivity contribution in [2.24, 2.45) is 5.92 Å². The van der Waals surface area contributed by atoms with Crippen LogP contribution in [0.4, 0.5) is 0 Å². The van der Waals surface area contributed by atoms with Gasteiger partial charge in [-0.15, -0.1) is 0 Å². The van der Waals surface area contributed by atoms with Crippen LogP contribution in [0.25, 0.3) is 0 Å². The minimum atomic E-state index is -0.359. The average Bonchev–Trinajstić information content (AvgIpc) is 2.85. The van der Waals surface area contributed by atoms with Crippen LogP contribution in [0.3, 0.4) is 0 Å². The van der Waals surface area contributed by atoms with Gasteiger partial charge in [-0.05, 0) is 50.6 Å². The van der Waals surface area contributed by atoms with Gasteiger partial charge in [0.1, 0.15) is 11.5 Å². The van der Waals surface area contributed by atoms with Crippen LogP contribution in [-0.4, -0.2) is 35.3 Å². The third-order valence-corrected chi connectivity index (χ3v) is 3.39. The Morgan fingerprint density at radius 1 is 1.50 bits per heavy atom. The molecule has 5 heteroatoms. The summed E-state index contributed by atoms with van der Waals surface area (Å²) in [6.07, 6.45) is 1.04. The summed E-state index contributed by atoms with van der Waals surface area (Å²) in [7, 11) is 0. The quantitative estimate of drug-likeness (QED) is 0.599. The second-order valence-electron chi connectivity index (χ2n) is 4.72. The van der Waals surface area contributed by atoms with Crippen molar-refractivity contribution in [3.8, 4) is 11.5 Å². The van der Waals surface area contributed by atoms with E-state index in [1.54, 1.807) is 0 Å². The lowest BCUT2D eigenvalue weighted by Gasteiger charge is -2.20. The van der Waals surface area contributed by atoms with E-state index in [9.17, 15) is 15.0 Å². The maximum atomic E-state index is 12.0. The molecule has 1 aliphatic rings. The monoisotopic (exact) mass is 250 g/mol. The highest BCUT2D eigenvalue weighted by molar-refractivity contribution is 5.97. The maximum absolute atomic E-state index is 12.0. The van der Waals surface area contributed by atoms with E-state index in [1.807, 2.05) is 6.92 Å². The van der Waals surface area contributed by atoms with Crippen LogP contribution in [-0.2, 0) is 0 Å². The van der Waals surface area contributed by atoms with Gasteiger partial charge in [-0.3, -0.25) is 4.79 Å². The molecule has 2 rings (SSSR count). The Labute approximate surface area is 106 Å². The third-order valence-electron chi connectivity index (χ3n) is 3.39. The number of hydrogen-bond donors (Lipinski definition) is 4. The highest BCUT2D eigenvalue weighted by Gasteiger charge is 2.23. The SMILES string of the molecule is CC(NC(=O)c1cc(O)ccc1O)C1CCNC1. The van der Waals surface area contributed by atoms with Crippen molar-refractivity contribution in [3.63, 3.8) is 0 Å². The number of carbonyl (C=O) groups excluding carboxylic acids is 1. The maximum Gasteiger partial charge on any atom is 0.255 e. The van der Waals surface area contributed by atoms with Gasteiger partial charge in [0.2, 0.25) is 0 Å². The number of phenols is 2. The number of phenolic OH excluding ortho intramolecular Hbond substituents is 2. The Hall–Kier alpha value is -1.75. The molecule has 0 saturated carbocycles. The van der Waals surface area contributed by atoms with E-state index in [-0.39, 0.29) is 29.0 Å². The summed E-state index contributed by atoms with van der Waals surface area (Å²) in [5, 5.41) is 25.0. The molecule has 1 aliphatic heterocycles. The number of amides is 1. The van der Waals surface area contributed by atoms with Gasteiger partial charge in [0.05, 0.1) is 5.56 Å². The molecule has 0 bridgehead atoms. The van der Waals surface area contributed by atoms with Crippen LogP contribution in [0.5, 0.6) is 11.5 Å². The zero-order valence-corrected chi connectivity index (χ0v) is 10.3. The zero-order valence-electron chi connectivity index (χ0n) is 10.3. The lowest BCUT2D eigenvalue weighted by molar-refractivity contribution is 0.0925. The Morgan fingerprint density at radius 3 is 2.94 bits per heavy atom. The number of benzene rings is 1. The first-order chi connectivity index (χ1) is 8.58. The first kappa shape index (κ1) is 12.7. The van der Waals surface area contributed by atoms with Crippen molar-refractivity contribution < 1.29 is 15.0 Å². The van der Waals surface area contributed by atoms with E-state index in [0.29, 0.717) is 5.92 Å². The van der Waals surface area contributed by atoms with Gasteiger partial charge < -0.3 is 20.8 Å². The summed E-state index contributed by atoms with van der Waals surface area (Å²) in [4.78, 5) is 12.0. The molecule has 1 saturated heterocycles. The fourth-order valence-electron chi connectivity index (χ4n) is 2.21. The number of nitrogens with one attached hydrogen (secondary N) is 2. The van der Waals surface area contributed by atoms with E-state index in [4.69, 9.17) is 0 Å². The largest absolute Gasteiger partial charge is 0.508 e. The Balaban J connectivity index is 2.04. The molecule has 1 aromatic carbocycles. The number of aromatic hydroxyl groups is 2. The van der Waals surface area contributed by atoms with Gasteiger partial charge in [0.15, 0.2) is 0 Å². The highest BCUT2D eigenvalue weighted by Crippen LogP contribution is 2.22. The number of carbonyl (C=O) groups is 1. The molecule has 0 aromatic heterocycles. The van der Waals surface area contributed by atoms with E-state index in [2.05, 4.69) is 10.6 Å². The minimum absolute atomic E-state index is 0.0341. The summed E-state index contributed by atoms with van der Waals surface area (Å²) < 4.78 is 0. The highest BCUT2D eigenvalue weighted by atomic mass is 16.3. The topological polar surface area (TPSA) is 81.6 Å². The van der Waals surface area contributed by atoms with Crippen LogP contribution in [0.1, 0.15) is 23.7 Å². The second-order valence-corrected chi connectivity index (χ2v) is 4.72. The Morgan fingerprint density at radius 2 is 2.28 bits per heavy atom. The van der Waals surface area contributed by atoms with Crippen LogP contribution < -0.4 is 10.6 Å². The predicted octanol–water partition coefficient (Wildman–Crippen LogP) is 0.826. The Kier molecular flexibility index (Phi) is 3.72. The summed E-state index contributed by atoms with van der Waals surface area (Å²) in [6, 6.07) is 3.96. The third kappa shape index (κ3) is 2.73.